The Kier molecular flexibility index (Phi) is 6.96. The molecule has 0 aliphatic rings. The molecule has 0 aliphatic carbocycles. The van der Waals surface area contributed by atoms with E-state index in [1.807, 2.05) is 6.92 Å². The standard InChI is InChI=1S/C9H16O5/c1-2-3-4-5-8(12)14-9(13)7(11)6-10/h7,10-11H,2-6H2,1H3. The monoisotopic (exact) mass is 204 g/mol. The molecule has 1 atom stereocenters. The molecule has 0 rings (SSSR count). The Morgan fingerprint density at radius 3 is 2.50 bits per heavy atom. The molecule has 0 amide bonds. The zero-order valence-corrected chi connectivity index (χ0v) is 8.23. The highest BCUT2D eigenvalue weighted by molar-refractivity contribution is 5.87. The molecule has 0 saturated heterocycles. The molecule has 5 nitrogen and oxygen atoms in total. The fourth-order valence-corrected chi connectivity index (χ4v) is 0.825. The maximum atomic E-state index is 10.9. The highest BCUT2D eigenvalue weighted by Gasteiger charge is 2.18. The van der Waals surface area contributed by atoms with Crippen molar-refractivity contribution in [3.05, 3.63) is 0 Å². The summed E-state index contributed by atoms with van der Waals surface area (Å²) in [5.74, 6) is -1.75. The molecule has 0 aromatic rings. The highest BCUT2D eigenvalue weighted by Crippen LogP contribution is 2.01. The topological polar surface area (TPSA) is 83.8 Å². The van der Waals surface area contributed by atoms with Gasteiger partial charge in [-0.2, -0.15) is 0 Å². The first kappa shape index (κ1) is 13.1. The van der Waals surface area contributed by atoms with Crippen molar-refractivity contribution in [3.63, 3.8) is 0 Å². The molecule has 0 heterocycles. The number of aliphatic hydroxyl groups is 2. The van der Waals surface area contributed by atoms with Gasteiger partial charge in [-0.15, -0.1) is 0 Å². The van der Waals surface area contributed by atoms with E-state index in [0.717, 1.165) is 12.8 Å². The minimum Gasteiger partial charge on any atom is -0.393 e. The quantitative estimate of drug-likeness (QED) is 0.361. The fraction of sp³-hybridized carbons (Fsp3) is 0.778. The minimum absolute atomic E-state index is 0.164. The van der Waals surface area contributed by atoms with Gasteiger partial charge in [0, 0.05) is 6.42 Å². The van der Waals surface area contributed by atoms with Gasteiger partial charge >= 0.3 is 11.9 Å². The number of carbonyl (C=O) groups is 2. The van der Waals surface area contributed by atoms with Gasteiger partial charge in [0.15, 0.2) is 6.10 Å². The molecule has 0 aliphatic heterocycles. The van der Waals surface area contributed by atoms with E-state index in [4.69, 9.17) is 10.2 Å². The number of hydrogen-bond acceptors (Lipinski definition) is 5. The molecule has 14 heavy (non-hydrogen) atoms. The highest BCUT2D eigenvalue weighted by atomic mass is 16.6. The van der Waals surface area contributed by atoms with Crippen LogP contribution in [0.25, 0.3) is 0 Å². The van der Waals surface area contributed by atoms with Crippen LogP contribution in [0.4, 0.5) is 0 Å². The second-order valence-electron chi connectivity index (χ2n) is 2.95. The van der Waals surface area contributed by atoms with Gasteiger partial charge in [-0.3, -0.25) is 4.79 Å². The number of carbonyl (C=O) groups excluding carboxylic acids is 2. The average Bonchev–Trinajstić information content (AvgIpc) is 2.16. The van der Waals surface area contributed by atoms with Crippen LogP contribution in [-0.4, -0.2) is 34.9 Å². The Balaban J connectivity index is 3.66. The van der Waals surface area contributed by atoms with Gasteiger partial charge in [-0.1, -0.05) is 19.8 Å². The van der Waals surface area contributed by atoms with E-state index in [-0.39, 0.29) is 6.42 Å². The lowest BCUT2D eigenvalue weighted by molar-refractivity contribution is -0.167. The van der Waals surface area contributed by atoms with E-state index in [0.29, 0.717) is 6.42 Å². The van der Waals surface area contributed by atoms with Crippen molar-refractivity contribution in [1.29, 1.82) is 0 Å². The van der Waals surface area contributed by atoms with Crippen LogP contribution >= 0.6 is 0 Å². The van der Waals surface area contributed by atoms with E-state index in [1.54, 1.807) is 0 Å². The molecule has 0 fully saturated rings. The molecule has 0 spiro atoms. The second kappa shape index (κ2) is 7.46. The fourth-order valence-electron chi connectivity index (χ4n) is 0.825. The average molecular weight is 204 g/mol. The first-order valence-corrected chi connectivity index (χ1v) is 4.65. The molecule has 1 unspecified atom stereocenters. The molecule has 0 aromatic carbocycles. The third-order valence-electron chi connectivity index (χ3n) is 1.64. The summed E-state index contributed by atoms with van der Waals surface area (Å²) in [6.07, 6.45) is 1.08. The van der Waals surface area contributed by atoms with Gasteiger partial charge in [0.25, 0.3) is 0 Å². The number of ether oxygens (including phenoxy) is 1. The molecule has 82 valence electrons. The van der Waals surface area contributed by atoms with Crippen molar-refractivity contribution >= 4 is 11.9 Å². The number of esters is 2. The lowest BCUT2D eigenvalue weighted by atomic mass is 10.2. The first-order valence-electron chi connectivity index (χ1n) is 4.65. The van der Waals surface area contributed by atoms with Crippen molar-refractivity contribution in [2.75, 3.05) is 6.61 Å². The molecule has 0 radical (unpaired) electrons. The third kappa shape index (κ3) is 5.66. The van der Waals surface area contributed by atoms with Gasteiger partial charge in [-0.05, 0) is 6.42 Å². The summed E-state index contributed by atoms with van der Waals surface area (Å²) in [6, 6.07) is 0. The molecular formula is C9H16O5. The zero-order valence-electron chi connectivity index (χ0n) is 8.23. The predicted octanol–water partition coefficient (Wildman–Crippen LogP) is -0.0103. The number of hydrogen-bond donors (Lipinski definition) is 2. The van der Waals surface area contributed by atoms with Crippen molar-refractivity contribution in [2.45, 2.75) is 38.7 Å². The SMILES string of the molecule is CCCCCC(=O)OC(=O)C(O)CO. The van der Waals surface area contributed by atoms with Crippen LogP contribution in [0.1, 0.15) is 32.6 Å². The van der Waals surface area contributed by atoms with Gasteiger partial charge in [0.2, 0.25) is 0 Å². The maximum Gasteiger partial charge on any atom is 0.345 e. The Hall–Kier alpha value is -0.940. The second-order valence-corrected chi connectivity index (χ2v) is 2.95. The normalized spacial score (nSPS) is 12.2. The van der Waals surface area contributed by atoms with Gasteiger partial charge in [-0.25, -0.2) is 4.79 Å². The third-order valence-corrected chi connectivity index (χ3v) is 1.64. The van der Waals surface area contributed by atoms with Crippen LogP contribution in [0.2, 0.25) is 0 Å². The van der Waals surface area contributed by atoms with Crippen LogP contribution in [0.3, 0.4) is 0 Å². The van der Waals surface area contributed by atoms with Crippen LogP contribution < -0.4 is 0 Å². The summed E-state index contributed by atoms with van der Waals surface area (Å²) in [4.78, 5) is 21.7. The largest absolute Gasteiger partial charge is 0.393 e. The molecule has 5 heteroatoms. The number of unbranched alkanes of at least 4 members (excludes halogenated alkanes) is 2. The molecular weight excluding hydrogens is 188 g/mol. The summed E-state index contributed by atoms with van der Waals surface area (Å²) >= 11 is 0. The Labute approximate surface area is 82.7 Å². The minimum atomic E-state index is -1.62. The van der Waals surface area contributed by atoms with Crippen LogP contribution in [0.5, 0.6) is 0 Å². The van der Waals surface area contributed by atoms with E-state index in [1.165, 1.54) is 0 Å². The molecule has 2 N–H and O–H groups in total. The van der Waals surface area contributed by atoms with Crippen molar-refractivity contribution in [2.24, 2.45) is 0 Å². The van der Waals surface area contributed by atoms with Crippen molar-refractivity contribution < 1.29 is 24.5 Å². The predicted molar refractivity (Wildman–Crippen MR) is 48.3 cm³/mol. The van der Waals surface area contributed by atoms with Crippen LogP contribution in [-0.2, 0) is 14.3 Å². The molecule has 0 saturated carbocycles. The maximum absolute atomic E-state index is 10.9. The van der Waals surface area contributed by atoms with E-state index in [9.17, 15) is 9.59 Å². The van der Waals surface area contributed by atoms with Crippen LogP contribution in [0.15, 0.2) is 0 Å². The van der Waals surface area contributed by atoms with Crippen LogP contribution in [0, 0.1) is 0 Å². The summed E-state index contributed by atoms with van der Waals surface area (Å²) in [7, 11) is 0. The summed E-state index contributed by atoms with van der Waals surface area (Å²) in [5.41, 5.74) is 0. The number of rotatable bonds is 6. The van der Waals surface area contributed by atoms with Gasteiger partial charge in [0.05, 0.1) is 6.61 Å². The summed E-state index contributed by atoms with van der Waals surface area (Å²) in [6.45, 7) is 1.26. The van der Waals surface area contributed by atoms with Gasteiger partial charge < -0.3 is 14.9 Å². The smallest absolute Gasteiger partial charge is 0.345 e. The van der Waals surface area contributed by atoms with Crippen molar-refractivity contribution in [3.8, 4) is 0 Å². The Morgan fingerprint density at radius 1 is 1.36 bits per heavy atom. The first-order chi connectivity index (χ1) is 6.61. The van der Waals surface area contributed by atoms with Crippen molar-refractivity contribution in [1.82, 2.24) is 0 Å². The Bertz CT molecular complexity index is 190. The molecule has 0 bridgehead atoms. The lowest BCUT2D eigenvalue weighted by Crippen LogP contribution is -2.28. The van der Waals surface area contributed by atoms with Gasteiger partial charge in [0.1, 0.15) is 0 Å². The van der Waals surface area contributed by atoms with E-state index < -0.39 is 24.6 Å². The molecule has 0 aromatic heterocycles. The summed E-state index contributed by atoms with van der Waals surface area (Å²) < 4.78 is 4.26. The Morgan fingerprint density at radius 2 is 2.00 bits per heavy atom. The zero-order chi connectivity index (χ0) is 11.0. The number of aliphatic hydroxyl groups excluding tert-OH is 2. The summed E-state index contributed by atoms with van der Waals surface area (Å²) in [5, 5.41) is 17.1. The lowest BCUT2D eigenvalue weighted by Gasteiger charge is -2.05. The van der Waals surface area contributed by atoms with E-state index in [2.05, 4.69) is 4.74 Å². The van der Waals surface area contributed by atoms with E-state index >= 15 is 0 Å².